The lowest BCUT2D eigenvalue weighted by molar-refractivity contribution is 0.387. The van der Waals surface area contributed by atoms with E-state index >= 15 is 0 Å². The molecule has 1 aromatic carbocycles. The van der Waals surface area contributed by atoms with Crippen molar-refractivity contribution in [3.05, 3.63) is 53.5 Å². The Balaban J connectivity index is 2.40. The maximum Gasteiger partial charge on any atom is 0.237 e. The first-order chi connectivity index (χ1) is 8.22. The van der Waals surface area contributed by atoms with Crippen molar-refractivity contribution in [3.8, 4) is 5.88 Å². The predicted molar refractivity (Wildman–Crippen MR) is 65.8 cm³/mol. The molecule has 1 atom stereocenters. The molecule has 2 aromatic rings. The van der Waals surface area contributed by atoms with Crippen LogP contribution < -0.4 is 10.5 Å². The lowest BCUT2D eigenvalue weighted by Gasteiger charge is -2.14. The minimum atomic E-state index is -0.321. The van der Waals surface area contributed by atoms with Gasteiger partial charge in [-0.25, -0.2) is 4.98 Å². The zero-order valence-electron chi connectivity index (χ0n) is 9.92. The van der Waals surface area contributed by atoms with Gasteiger partial charge < -0.3 is 10.5 Å². The van der Waals surface area contributed by atoms with Gasteiger partial charge in [0.2, 0.25) is 5.88 Å². The molecule has 2 N–H and O–H groups in total. The topological polar surface area (TPSA) is 61.0 Å². The number of nitrogens with two attached hydrogens (primary N) is 1. The Kier molecular flexibility index (Phi) is 3.35. The summed E-state index contributed by atoms with van der Waals surface area (Å²) in [6, 6.07) is 7.71. The number of benzene rings is 1. The van der Waals surface area contributed by atoms with Crippen LogP contribution in [0.3, 0.4) is 0 Å². The Labute approximate surface area is 100 Å². The second-order valence-electron chi connectivity index (χ2n) is 3.84. The predicted octanol–water partition coefficient (Wildman–Crippen LogP) is 1.84. The first-order valence-corrected chi connectivity index (χ1v) is 5.39. The summed E-state index contributed by atoms with van der Waals surface area (Å²) in [6.45, 7) is 2.03. The van der Waals surface area contributed by atoms with E-state index in [0.29, 0.717) is 11.6 Å². The lowest BCUT2D eigenvalue weighted by atomic mass is 10.0. The molecule has 1 aromatic heterocycles. The summed E-state index contributed by atoms with van der Waals surface area (Å²) < 4.78 is 5.16. The molecule has 0 aliphatic carbocycles. The van der Waals surface area contributed by atoms with Gasteiger partial charge >= 0.3 is 0 Å². The van der Waals surface area contributed by atoms with Crippen LogP contribution in [0.4, 0.5) is 0 Å². The molecule has 0 amide bonds. The summed E-state index contributed by atoms with van der Waals surface area (Å²) in [6.07, 6.45) is 3.21. The number of aryl methyl sites for hydroxylation is 1. The lowest BCUT2D eigenvalue weighted by Crippen LogP contribution is -2.15. The van der Waals surface area contributed by atoms with Gasteiger partial charge in [0, 0.05) is 12.4 Å². The molecule has 0 bridgehead atoms. The molecule has 1 heterocycles. The van der Waals surface area contributed by atoms with Crippen molar-refractivity contribution >= 4 is 0 Å². The highest BCUT2D eigenvalue weighted by Gasteiger charge is 2.16. The molecule has 0 saturated carbocycles. The van der Waals surface area contributed by atoms with Crippen LogP contribution >= 0.6 is 0 Å². The van der Waals surface area contributed by atoms with Gasteiger partial charge in [-0.1, -0.05) is 29.8 Å². The van der Waals surface area contributed by atoms with Gasteiger partial charge in [0.25, 0.3) is 0 Å². The van der Waals surface area contributed by atoms with Crippen LogP contribution in [-0.4, -0.2) is 17.1 Å². The largest absolute Gasteiger partial charge is 0.480 e. The van der Waals surface area contributed by atoms with Gasteiger partial charge in [0.05, 0.1) is 13.2 Å². The number of rotatable bonds is 3. The number of ether oxygens (including phenoxy) is 1. The molecule has 1 unspecified atom stereocenters. The van der Waals surface area contributed by atoms with Crippen molar-refractivity contribution in [1.29, 1.82) is 0 Å². The maximum absolute atomic E-state index is 6.18. The SMILES string of the molecule is COc1nccnc1C(N)c1cccc(C)c1. The second kappa shape index (κ2) is 4.93. The molecule has 4 nitrogen and oxygen atoms in total. The van der Waals surface area contributed by atoms with Crippen LogP contribution in [-0.2, 0) is 0 Å². The molecule has 0 spiro atoms. The number of methoxy groups -OCH3 is 1. The molecule has 0 saturated heterocycles. The molecular weight excluding hydrogens is 214 g/mol. The van der Waals surface area contributed by atoms with Crippen molar-refractivity contribution in [3.63, 3.8) is 0 Å². The van der Waals surface area contributed by atoms with Gasteiger partial charge in [0.15, 0.2) is 0 Å². The van der Waals surface area contributed by atoms with Crippen molar-refractivity contribution < 1.29 is 4.74 Å². The normalized spacial score (nSPS) is 12.2. The molecular formula is C13H15N3O. The molecule has 0 fully saturated rings. The average molecular weight is 229 g/mol. The molecule has 0 aliphatic heterocycles. The molecule has 88 valence electrons. The summed E-state index contributed by atoms with van der Waals surface area (Å²) in [5, 5.41) is 0. The number of aromatic nitrogens is 2. The number of nitrogens with zero attached hydrogens (tertiary/aromatic N) is 2. The Morgan fingerprint density at radius 2 is 2.00 bits per heavy atom. The summed E-state index contributed by atoms with van der Waals surface area (Å²) in [7, 11) is 1.57. The molecule has 2 rings (SSSR count). The van der Waals surface area contributed by atoms with E-state index in [1.54, 1.807) is 19.5 Å². The standard InChI is InChI=1S/C13H15N3O/c1-9-4-3-5-10(8-9)11(14)12-13(17-2)16-7-6-15-12/h3-8,11H,14H2,1-2H3. The highest BCUT2D eigenvalue weighted by atomic mass is 16.5. The zero-order valence-corrected chi connectivity index (χ0v) is 9.92. The van der Waals surface area contributed by atoms with Crippen molar-refractivity contribution in [2.75, 3.05) is 7.11 Å². The van der Waals surface area contributed by atoms with E-state index in [0.717, 1.165) is 5.56 Å². The van der Waals surface area contributed by atoms with Gasteiger partial charge in [0.1, 0.15) is 5.69 Å². The first-order valence-electron chi connectivity index (χ1n) is 5.39. The molecule has 0 radical (unpaired) electrons. The third-order valence-electron chi connectivity index (χ3n) is 2.58. The summed E-state index contributed by atoms with van der Waals surface area (Å²) >= 11 is 0. The van der Waals surface area contributed by atoms with Crippen LogP contribution in [0.25, 0.3) is 0 Å². The van der Waals surface area contributed by atoms with E-state index in [2.05, 4.69) is 9.97 Å². The van der Waals surface area contributed by atoms with Crippen molar-refractivity contribution in [2.45, 2.75) is 13.0 Å². The first kappa shape index (κ1) is 11.5. The van der Waals surface area contributed by atoms with E-state index in [4.69, 9.17) is 10.5 Å². The van der Waals surface area contributed by atoms with Gasteiger partial charge in [-0.15, -0.1) is 0 Å². The second-order valence-corrected chi connectivity index (χ2v) is 3.84. The quantitative estimate of drug-likeness (QED) is 0.872. The minimum Gasteiger partial charge on any atom is -0.480 e. The third-order valence-corrected chi connectivity index (χ3v) is 2.58. The van der Waals surface area contributed by atoms with Gasteiger partial charge in [-0.05, 0) is 12.5 Å². The van der Waals surface area contributed by atoms with Gasteiger partial charge in [-0.2, -0.15) is 0 Å². The fourth-order valence-corrected chi connectivity index (χ4v) is 1.73. The molecule has 0 aliphatic rings. The number of hydrogen-bond donors (Lipinski definition) is 1. The zero-order chi connectivity index (χ0) is 12.3. The Morgan fingerprint density at radius 3 is 2.71 bits per heavy atom. The van der Waals surface area contributed by atoms with Crippen molar-refractivity contribution in [2.24, 2.45) is 5.73 Å². The van der Waals surface area contributed by atoms with Gasteiger partial charge in [-0.3, -0.25) is 4.98 Å². The van der Waals surface area contributed by atoms with E-state index in [1.807, 2.05) is 31.2 Å². The summed E-state index contributed by atoms with van der Waals surface area (Å²) in [5.41, 5.74) is 9.00. The molecule has 17 heavy (non-hydrogen) atoms. The van der Waals surface area contributed by atoms with E-state index in [9.17, 15) is 0 Å². The number of hydrogen-bond acceptors (Lipinski definition) is 4. The monoisotopic (exact) mass is 229 g/mol. The van der Waals surface area contributed by atoms with Crippen LogP contribution in [0.5, 0.6) is 5.88 Å². The Hall–Kier alpha value is -1.94. The van der Waals surface area contributed by atoms with Crippen molar-refractivity contribution in [1.82, 2.24) is 9.97 Å². The third kappa shape index (κ3) is 2.42. The summed E-state index contributed by atoms with van der Waals surface area (Å²) in [5.74, 6) is 0.474. The van der Waals surface area contributed by atoms with E-state index in [-0.39, 0.29) is 6.04 Å². The highest BCUT2D eigenvalue weighted by Crippen LogP contribution is 2.24. The minimum absolute atomic E-state index is 0.321. The average Bonchev–Trinajstić information content (AvgIpc) is 2.38. The fraction of sp³-hybridized carbons (Fsp3) is 0.231. The fourth-order valence-electron chi connectivity index (χ4n) is 1.73. The molecule has 4 heteroatoms. The van der Waals surface area contributed by atoms with Crippen LogP contribution in [0.2, 0.25) is 0 Å². The smallest absolute Gasteiger partial charge is 0.237 e. The Morgan fingerprint density at radius 1 is 1.24 bits per heavy atom. The Bertz CT molecular complexity index is 514. The van der Waals surface area contributed by atoms with Crippen LogP contribution in [0, 0.1) is 6.92 Å². The maximum atomic E-state index is 6.18. The van der Waals surface area contributed by atoms with Crippen LogP contribution in [0.15, 0.2) is 36.7 Å². The van der Waals surface area contributed by atoms with E-state index < -0.39 is 0 Å². The summed E-state index contributed by atoms with van der Waals surface area (Å²) in [4.78, 5) is 8.34. The highest BCUT2D eigenvalue weighted by molar-refractivity contribution is 5.34. The van der Waals surface area contributed by atoms with E-state index in [1.165, 1.54) is 5.56 Å². The van der Waals surface area contributed by atoms with Crippen LogP contribution in [0.1, 0.15) is 22.9 Å².